The molecule has 0 nitrogen and oxygen atoms in total. The van der Waals surface area contributed by atoms with Crippen molar-refractivity contribution in [1.29, 1.82) is 0 Å². The first-order chi connectivity index (χ1) is 4.47. The standard InChI is InChI=1S/C8H7S/c1-2-4-8-7(3-1)5-6-9-8/h1-3H,5-6H2. The highest BCUT2D eigenvalue weighted by molar-refractivity contribution is 7.99. The topological polar surface area (TPSA) is 0 Å². The minimum absolute atomic E-state index is 1.23. The van der Waals surface area contributed by atoms with Gasteiger partial charge in [0.2, 0.25) is 0 Å². The van der Waals surface area contributed by atoms with Gasteiger partial charge >= 0.3 is 0 Å². The normalized spacial score (nSPS) is 15.6. The van der Waals surface area contributed by atoms with E-state index in [0.29, 0.717) is 0 Å². The Morgan fingerprint density at radius 3 is 3.44 bits per heavy atom. The van der Waals surface area contributed by atoms with Gasteiger partial charge in [0.25, 0.3) is 0 Å². The molecular formula is C8H7S. The molecule has 1 aliphatic rings. The Bertz CT molecular complexity index is 195. The van der Waals surface area contributed by atoms with Crippen molar-refractivity contribution < 1.29 is 0 Å². The number of benzene rings is 1. The van der Waals surface area contributed by atoms with E-state index in [4.69, 9.17) is 0 Å². The van der Waals surface area contributed by atoms with Gasteiger partial charge in [0.1, 0.15) is 0 Å². The lowest BCUT2D eigenvalue weighted by Gasteiger charge is -1.91. The van der Waals surface area contributed by atoms with Crippen LogP contribution in [0.3, 0.4) is 0 Å². The summed E-state index contributed by atoms with van der Waals surface area (Å²) in [6, 6.07) is 9.44. The molecule has 1 aromatic carbocycles. The Morgan fingerprint density at radius 2 is 2.56 bits per heavy atom. The third kappa shape index (κ3) is 0.855. The zero-order chi connectivity index (χ0) is 6.10. The monoisotopic (exact) mass is 135 g/mol. The van der Waals surface area contributed by atoms with Gasteiger partial charge in [-0.3, -0.25) is 0 Å². The predicted octanol–water partition coefficient (Wildman–Crippen LogP) is 2.13. The molecule has 0 amide bonds. The highest BCUT2D eigenvalue weighted by atomic mass is 32.2. The fraction of sp³-hybridized carbons (Fsp3) is 0.250. The summed E-state index contributed by atoms with van der Waals surface area (Å²) in [5.41, 5.74) is 1.47. The number of fused-ring (bicyclic) bond motifs is 1. The lowest BCUT2D eigenvalue weighted by molar-refractivity contribution is 1.14. The summed E-state index contributed by atoms with van der Waals surface area (Å²) in [4.78, 5) is 1.36. The highest BCUT2D eigenvalue weighted by Gasteiger charge is 2.08. The van der Waals surface area contributed by atoms with Gasteiger partial charge in [0, 0.05) is 10.6 Å². The van der Waals surface area contributed by atoms with Crippen LogP contribution >= 0.6 is 11.8 Å². The molecule has 0 saturated heterocycles. The Hall–Kier alpha value is -0.430. The van der Waals surface area contributed by atoms with Gasteiger partial charge in [-0.1, -0.05) is 18.2 Å². The van der Waals surface area contributed by atoms with Crippen molar-refractivity contribution >= 4 is 11.8 Å². The Kier molecular flexibility index (Phi) is 1.23. The van der Waals surface area contributed by atoms with Crippen LogP contribution in [-0.2, 0) is 6.42 Å². The van der Waals surface area contributed by atoms with Crippen LogP contribution in [-0.4, -0.2) is 5.75 Å². The number of thioether (sulfide) groups is 1. The van der Waals surface area contributed by atoms with Crippen LogP contribution in [0.2, 0.25) is 0 Å². The highest BCUT2D eigenvalue weighted by Crippen LogP contribution is 2.29. The zero-order valence-corrected chi connectivity index (χ0v) is 5.87. The predicted molar refractivity (Wildman–Crippen MR) is 39.7 cm³/mol. The van der Waals surface area contributed by atoms with Crippen molar-refractivity contribution in [3.05, 3.63) is 29.8 Å². The fourth-order valence-corrected chi connectivity index (χ4v) is 2.08. The summed E-state index contributed by atoms with van der Waals surface area (Å²) < 4.78 is 0. The van der Waals surface area contributed by atoms with Gasteiger partial charge in [0.15, 0.2) is 0 Å². The minimum Gasteiger partial charge on any atom is -0.125 e. The first-order valence-corrected chi connectivity index (χ1v) is 4.08. The Morgan fingerprint density at radius 1 is 1.56 bits per heavy atom. The van der Waals surface area contributed by atoms with Gasteiger partial charge in [0.05, 0.1) is 0 Å². The molecule has 0 bridgehead atoms. The fourth-order valence-electron chi connectivity index (χ4n) is 1.05. The first kappa shape index (κ1) is 5.36. The quantitative estimate of drug-likeness (QED) is 0.525. The molecule has 0 saturated carbocycles. The van der Waals surface area contributed by atoms with E-state index in [1.807, 2.05) is 17.8 Å². The van der Waals surface area contributed by atoms with E-state index >= 15 is 0 Å². The van der Waals surface area contributed by atoms with E-state index in [1.165, 1.54) is 22.6 Å². The molecule has 0 aromatic heterocycles. The van der Waals surface area contributed by atoms with Crippen LogP contribution in [0.1, 0.15) is 5.56 Å². The van der Waals surface area contributed by atoms with Gasteiger partial charge in [-0.2, -0.15) is 0 Å². The minimum atomic E-state index is 1.23. The number of rotatable bonds is 0. The lowest BCUT2D eigenvalue weighted by Crippen LogP contribution is -1.76. The smallest absolute Gasteiger partial charge is 0.0183 e. The third-order valence-electron chi connectivity index (χ3n) is 1.52. The second kappa shape index (κ2) is 2.07. The molecule has 1 aromatic rings. The Balaban J connectivity index is 2.54. The summed E-state index contributed by atoms with van der Waals surface area (Å²) in [7, 11) is 0. The average molecular weight is 135 g/mol. The molecule has 45 valence electrons. The zero-order valence-electron chi connectivity index (χ0n) is 5.05. The maximum Gasteiger partial charge on any atom is 0.0183 e. The molecular weight excluding hydrogens is 128 g/mol. The van der Waals surface area contributed by atoms with Crippen LogP contribution in [0, 0.1) is 6.07 Å². The summed E-state index contributed by atoms with van der Waals surface area (Å²) >= 11 is 1.91. The van der Waals surface area contributed by atoms with Crippen molar-refractivity contribution in [2.24, 2.45) is 0 Å². The molecule has 1 heterocycles. The van der Waals surface area contributed by atoms with Gasteiger partial charge in [-0.25, -0.2) is 0 Å². The van der Waals surface area contributed by atoms with Crippen LogP contribution in [0.15, 0.2) is 23.1 Å². The number of aryl methyl sites for hydroxylation is 1. The molecule has 0 atom stereocenters. The van der Waals surface area contributed by atoms with E-state index in [0.717, 1.165) is 0 Å². The van der Waals surface area contributed by atoms with Gasteiger partial charge in [-0.05, 0) is 18.1 Å². The molecule has 0 unspecified atom stereocenters. The summed E-state index contributed by atoms with van der Waals surface area (Å²) in [6.07, 6.45) is 1.23. The first-order valence-electron chi connectivity index (χ1n) is 3.09. The average Bonchev–Trinajstić information content (AvgIpc) is 2.33. The molecule has 1 heteroatoms. The molecule has 1 radical (unpaired) electrons. The summed E-state index contributed by atoms with van der Waals surface area (Å²) in [5.74, 6) is 1.25. The largest absolute Gasteiger partial charge is 0.125 e. The summed E-state index contributed by atoms with van der Waals surface area (Å²) in [5, 5.41) is 0. The second-order valence-corrected chi connectivity index (χ2v) is 3.23. The maximum atomic E-state index is 3.21. The van der Waals surface area contributed by atoms with E-state index < -0.39 is 0 Å². The Labute approximate surface area is 59.3 Å². The van der Waals surface area contributed by atoms with E-state index in [-0.39, 0.29) is 0 Å². The maximum absolute atomic E-state index is 3.21. The van der Waals surface area contributed by atoms with Crippen molar-refractivity contribution in [3.63, 3.8) is 0 Å². The molecule has 9 heavy (non-hydrogen) atoms. The number of hydrogen-bond acceptors (Lipinski definition) is 1. The second-order valence-electron chi connectivity index (χ2n) is 2.12. The van der Waals surface area contributed by atoms with E-state index in [9.17, 15) is 0 Å². The van der Waals surface area contributed by atoms with E-state index in [2.05, 4.69) is 18.2 Å². The number of hydrogen-bond donors (Lipinski definition) is 0. The van der Waals surface area contributed by atoms with Gasteiger partial charge in [-0.15, -0.1) is 11.8 Å². The van der Waals surface area contributed by atoms with Crippen molar-refractivity contribution in [2.45, 2.75) is 11.3 Å². The summed E-state index contributed by atoms with van der Waals surface area (Å²) in [6.45, 7) is 0. The SMILES string of the molecule is [c]1cccc2c1SCC2. The molecule has 0 aliphatic carbocycles. The molecule has 2 rings (SSSR count). The molecule has 0 spiro atoms. The van der Waals surface area contributed by atoms with Crippen LogP contribution in [0.4, 0.5) is 0 Å². The van der Waals surface area contributed by atoms with Gasteiger partial charge < -0.3 is 0 Å². The molecule has 1 aliphatic heterocycles. The van der Waals surface area contributed by atoms with E-state index in [1.54, 1.807) is 0 Å². The molecule has 0 fully saturated rings. The van der Waals surface area contributed by atoms with Crippen LogP contribution in [0.25, 0.3) is 0 Å². The lowest BCUT2D eigenvalue weighted by atomic mass is 10.2. The van der Waals surface area contributed by atoms with Crippen molar-refractivity contribution in [2.75, 3.05) is 5.75 Å². The van der Waals surface area contributed by atoms with Crippen molar-refractivity contribution in [3.8, 4) is 0 Å². The van der Waals surface area contributed by atoms with Crippen LogP contribution < -0.4 is 0 Å². The van der Waals surface area contributed by atoms with Crippen molar-refractivity contribution in [1.82, 2.24) is 0 Å². The molecule has 0 N–H and O–H groups in total. The van der Waals surface area contributed by atoms with Crippen LogP contribution in [0.5, 0.6) is 0 Å². The third-order valence-corrected chi connectivity index (χ3v) is 2.59.